The number of carbonyl (C=O) groups excluding carboxylic acids is 1. The van der Waals surface area contributed by atoms with Gasteiger partial charge in [-0.3, -0.25) is 0 Å². The van der Waals surface area contributed by atoms with Crippen LogP contribution in [0.5, 0.6) is 0 Å². The Bertz CT molecular complexity index is 568. The van der Waals surface area contributed by atoms with Crippen LogP contribution >= 0.6 is 23.2 Å². The zero-order valence-electron chi connectivity index (χ0n) is 10.1. The van der Waals surface area contributed by atoms with Gasteiger partial charge in [-0.05, 0) is 23.8 Å². The highest BCUT2D eigenvalue weighted by Gasteiger charge is 2.12. The SMILES string of the molecule is O=C(OCCc1ccccc1)c1cc(Cl)ccc1Cl. The summed E-state index contributed by atoms with van der Waals surface area (Å²) in [7, 11) is 0. The van der Waals surface area contributed by atoms with E-state index in [1.807, 2.05) is 30.3 Å². The molecule has 0 N–H and O–H groups in total. The first-order valence-electron chi connectivity index (χ1n) is 5.83. The molecule has 0 aliphatic carbocycles. The number of benzene rings is 2. The number of ether oxygens (including phenoxy) is 1. The molecule has 2 nitrogen and oxygen atoms in total. The van der Waals surface area contributed by atoms with Crippen LogP contribution in [0.2, 0.25) is 10.0 Å². The summed E-state index contributed by atoms with van der Waals surface area (Å²) >= 11 is 11.8. The van der Waals surface area contributed by atoms with Crippen LogP contribution in [0.25, 0.3) is 0 Å². The van der Waals surface area contributed by atoms with Crippen molar-refractivity contribution >= 4 is 29.2 Å². The van der Waals surface area contributed by atoms with Crippen LogP contribution < -0.4 is 0 Å². The summed E-state index contributed by atoms with van der Waals surface area (Å²) in [6.07, 6.45) is 0.671. The lowest BCUT2D eigenvalue weighted by Gasteiger charge is -2.06. The molecule has 2 rings (SSSR count). The van der Waals surface area contributed by atoms with Gasteiger partial charge in [-0.2, -0.15) is 0 Å². The van der Waals surface area contributed by atoms with Gasteiger partial charge in [0, 0.05) is 11.4 Å². The molecule has 98 valence electrons. The molecule has 0 saturated carbocycles. The summed E-state index contributed by atoms with van der Waals surface area (Å²) < 4.78 is 5.19. The van der Waals surface area contributed by atoms with Gasteiger partial charge in [-0.15, -0.1) is 0 Å². The predicted octanol–water partition coefficient (Wildman–Crippen LogP) is 4.39. The van der Waals surface area contributed by atoms with Crippen LogP contribution in [0.3, 0.4) is 0 Å². The van der Waals surface area contributed by atoms with E-state index in [1.165, 1.54) is 6.07 Å². The second-order valence-electron chi connectivity index (χ2n) is 4.00. The molecule has 2 aromatic rings. The standard InChI is InChI=1S/C15H12Cl2O2/c16-12-6-7-14(17)13(10-12)15(18)19-9-8-11-4-2-1-3-5-11/h1-7,10H,8-9H2. The lowest BCUT2D eigenvalue weighted by molar-refractivity contribution is 0.0509. The van der Waals surface area contributed by atoms with Gasteiger partial charge in [-0.25, -0.2) is 4.79 Å². The maximum atomic E-state index is 11.8. The average molecular weight is 295 g/mol. The molecular weight excluding hydrogens is 283 g/mol. The van der Waals surface area contributed by atoms with Crippen molar-refractivity contribution in [3.8, 4) is 0 Å². The molecule has 0 atom stereocenters. The third-order valence-electron chi connectivity index (χ3n) is 2.62. The van der Waals surface area contributed by atoms with Gasteiger partial charge in [0.2, 0.25) is 0 Å². The molecule has 0 unspecified atom stereocenters. The number of esters is 1. The highest BCUT2D eigenvalue weighted by Crippen LogP contribution is 2.21. The van der Waals surface area contributed by atoms with E-state index >= 15 is 0 Å². The Balaban J connectivity index is 1.93. The monoisotopic (exact) mass is 294 g/mol. The predicted molar refractivity (Wildman–Crippen MR) is 76.9 cm³/mol. The molecule has 0 saturated heterocycles. The molecule has 0 aliphatic heterocycles. The fourth-order valence-corrected chi connectivity index (χ4v) is 2.00. The molecule has 19 heavy (non-hydrogen) atoms. The Morgan fingerprint density at radius 2 is 1.79 bits per heavy atom. The molecule has 2 aromatic carbocycles. The van der Waals surface area contributed by atoms with Gasteiger partial charge in [0.25, 0.3) is 0 Å². The molecule has 4 heteroatoms. The normalized spacial score (nSPS) is 10.2. The summed E-state index contributed by atoms with van der Waals surface area (Å²) in [4.78, 5) is 11.8. The van der Waals surface area contributed by atoms with Gasteiger partial charge in [0.1, 0.15) is 0 Å². The van der Waals surface area contributed by atoms with Crippen molar-refractivity contribution in [1.82, 2.24) is 0 Å². The topological polar surface area (TPSA) is 26.3 Å². The Morgan fingerprint density at radius 3 is 2.53 bits per heavy atom. The molecular formula is C15H12Cl2O2. The third kappa shape index (κ3) is 3.98. The second kappa shape index (κ2) is 6.60. The van der Waals surface area contributed by atoms with Gasteiger partial charge in [-0.1, -0.05) is 53.5 Å². The van der Waals surface area contributed by atoms with E-state index < -0.39 is 5.97 Å². The van der Waals surface area contributed by atoms with Crippen LogP contribution in [0, 0.1) is 0 Å². The van der Waals surface area contributed by atoms with Crippen LogP contribution in [-0.2, 0) is 11.2 Å². The zero-order valence-corrected chi connectivity index (χ0v) is 11.6. The van der Waals surface area contributed by atoms with E-state index in [4.69, 9.17) is 27.9 Å². The van der Waals surface area contributed by atoms with Crippen molar-refractivity contribution in [3.63, 3.8) is 0 Å². The molecule has 0 aromatic heterocycles. The van der Waals surface area contributed by atoms with E-state index in [0.29, 0.717) is 28.6 Å². The maximum Gasteiger partial charge on any atom is 0.339 e. The molecule has 0 aliphatic rings. The average Bonchev–Trinajstić information content (AvgIpc) is 2.42. The van der Waals surface area contributed by atoms with Crippen LogP contribution in [0.1, 0.15) is 15.9 Å². The number of rotatable bonds is 4. The van der Waals surface area contributed by atoms with E-state index in [-0.39, 0.29) is 0 Å². The Labute approximate surface area is 121 Å². The summed E-state index contributed by atoms with van der Waals surface area (Å²) in [6.45, 7) is 0.311. The van der Waals surface area contributed by atoms with E-state index in [1.54, 1.807) is 12.1 Å². The van der Waals surface area contributed by atoms with Gasteiger partial charge >= 0.3 is 5.97 Å². The third-order valence-corrected chi connectivity index (χ3v) is 3.18. The molecule has 0 bridgehead atoms. The van der Waals surface area contributed by atoms with Crippen LogP contribution in [-0.4, -0.2) is 12.6 Å². The van der Waals surface area contributed by atoms with E-state index in [0.717, 1.165) is 5.56 Å². The van der Waals surface area contributed by atoms with Gasteiger partial charge < -0.3 is 4.74 Å². The smallest absolute Gasteiger partial charge is 0.339 e. The number of carbonyl (C=O) groups is 1. The van der Waals surface area contributed by atoms with Crippen LogP contribution in [0.4, 0.5) is 0 Å². The number of halogens is 2. The van der Waals surface area contributed by atoms with Crippen LogP contribution in [0.15, 0.2) is 48.5 Å². The van der Waals surface area contributed by atoms with Crippen molar-refractivity contribution in [3.05, 3.63) is 69.7 Å². The van der Waals surface area contributed by atoms with E-state index in [9.17, 15) is 4.79 Å². The maximum absolute atomic E-state index is 11.8. The van der Waals surface area contributed by atoms with Crippen molar-refractivity contribution in [2.45, 2.75) is 6.42 Å². The first kappa shape index (κ1) is 13.9. The fourth-order valence-electron chi connectivity index (χ4n) is 1.64. The molecule has 0 spiro atoms. The minimum absolute atomic E-state index is 0.294. The van der Waals surface area contributed by atoms with Crippen molar-refractivity contribution in [1.29, 1.82) is 0 Å². The Hall–Kier alpha value is -1.51. The minimum atomic E-state index is -0.455. The Kier molecular flexibility index (Phi) is 4.83. The lowest BCUT2D eigenvalue weighted by atomic mass is 10.2. The second-order valence-corrected chi connectivity index (χ2v) is 4.84. The van der Waals surface area contributed by atoms with Gasteiger partial charge in [0.05, 0.1) is 17.2 Å². The summed E-state index contributed by atoms with van der Waals surface area (Å²) in [6, 6.07) is 14.5. The molecule has 0 heterocycles. The van der Waals surface area contributed by atoms with Crippen molar-refractivity contribution < 1.29 is 9.53 Å². The molecule has 0 radical (unpaired) electrons. The van der Waals surface area contributed by atoms with E-state index in [2.05, 4.69) is 0 Å². The summed E-state index contributed by atoms with van der Waals surface area (Å²) in [5, 5.41) is 0.800. The van der Waals surface area contributed by atoms with Gasteiger partial charge in [0.15, 0.2) is 0 Å². The molecule has 0 fully saturated rings. The fraction of sp³-hybridized carbons (Fsp3) is 0.133. The highest BCUT2D eigenvalue weighted by atomic mass is 35.5. The van der Waals surface area contributed by atoms with Crippen molar-refractivity contribution in [2.24, 2.45) is 0 Å². The first-order valence-corrected chi connectivity index (χ1v) is 6.58. The summed E-state index contributed by atoms with van der Waals surface area (Å²) in [5.41, 5.74) is 1.41. The molecule has 0 amide bonds. The van der Waals surface area contributed by atoms with Crippen molar-refractivity contribution in [2.75, 3.05) is 6.61 Å². The lowest BCUT2D eigenvalue weighted by Crippen LogP contribution is -2.08. The quantitative estimate of drug-likeness (QED) is 0.782. The number of hydrogen-bond acceptors (Lipinski definition) is 2. The Morgan fingerprint density at radius 1 is 1.05 bits per heavy atom. The largest absolute Gasteiger partial charge is 0.462 e. The minimum Gasteiger partial charge on any atom is -0.462 e. The summed E-state index contributed by atoms with van der Waals surface area (Å²) in [5.74, 6) is -0.455. The number of hydrogen-bond donors (Lipinski definition) is 0. The zero-order chi connectivity index (χ0) is 13.7. The first-order chi connectivity index (χ1) is 9.16. The highest BCUT2D eigenvalue weighted by molar-refractivity contribution is 6.35.